The molecule has 1 aliphatic rings. The number of imidazole rings is 1. The first kappa shape index (κ1) is 13.6. The molecule has 0 radical (unpaired) electrons. The predicted octanol–water partition coefficient (Wildman–Crippen LogP) is -3.27. The molecule has 3 heterocycles. The van der Waals surface area contributed by atoms with Gasteiger partial charge < -0.3 is 19.9 Å². The van der Waals surface area contributed by atoms with Crippen molar-refractivity contribution in [3.05, 3.63) is 23.0 Å². The fourth-order valence-electron chi connectivity index (χ4n) is 2.24. The number of nitrogens with one attached hydrogen (secondary N) is 2. The molecule has 1 aliphatic heterocycles. The van der Waals surface area contributed by atoms with Crippen LogP contribution in [0.3, 0.4) is 0 Å². The van der Waals surface area contributed by atoms with Crippen LogP contribution in [0.15, 0.2) is 17.4 Å². The third-order valence-electron chi connectivity index (χ3n) is 3.28. The second-order valence-corrected chi connectivity index (χ2v) is 4.49. The van der Waals surface area contributed by atoms with Gasteiger partial charge in [-0.2, -0.15) is 0 Å². The van der Waals surface area contributed by atoms with Crippen molar-refractivity contribution < 1.29 is 19.7 Å². The third kappa shape index (κ3) is 1.99. The Morgan fingerprint density at radius 2 is 2.19 bits per heavy atom. The number of nitrogens with zero attached hydrogens (tertiary/aromatic N) is 3. The van der Waals surface area contributed by atoms with E-state index >= 15 is 0 Å². The van der Waals surface area contributed by atoms with Gasteiger partial charge in [0.15, 0.2) is 23.5 Å². The summed E-state index contributed by atoms with van der Waals surface area (Å²) in [5, 5.41) is 19.9. The number of aromatic amines is 1. The van der Waals surface area contributed by atoms with Gasteiger partial charge in [0.1, 0.15) is 12.2 Å². The van der Waals surface area contributed by atoms with Gasteiger partial charge in [-0.3, -0.25) is 19.6 Å². The Hall–Kier alpha value is -2.34. The second-order valence-electron chi connectivity index (χ2n) is 4.49. The Balaban J connectivity index is 2.02. The molecule has 2 aromatic rings. The Labute approximate surface area is 116 Å². The van der Waals surface area contributed by atoms with E-state index in [1.165, 1.54) is 17.2 Å². The summed E-state index contributed by atoms with van der Waals surface area (Å²) in [5.41, 5.74) is 1.59. The molecule has 11 nitrogen and oxygen atoms in total. The maximum absolute atomic E-state index is 11.6. The normalized spacial score (nSPS) is 28.9. The smallest absolute Gasteiger partial charge is 0.278 e. The van der Waals surface area contributed by atoms with Crippen molar-refractivity contribution in [1.29, 1.82) is 0 Å². The number of hydrogen-bond donors (Lipinski definition) is 5. The molecule has 1 amide bonds. The summed E-state index contributed by atoms with van der Waals surface area (Å²) in [6.07, 6.45) is -2.94. The molecule has 1 saturated heterocycles. The first-order valence-electron chi connectivity index (χ1n) is 5.97. The zero-order valence-corrected chi connectivity index (χ0v) is 10.5. The number of hydrazine groups is 1. The Morgan fingerprint density at radius 1 is 1.43 bits per heavy atom. The summed E-state index contributed by atoms with van der Waals surface area (Å²) >= 11 is 0. The van der Waals surface area contributed by atoms with Crippen LogP contribution >= 0.6 is 0 Å². The zero-order valence-electron chi connectivity index (χ0n) is 10.5. The minimum atomic E-state index is -1.47. The van der Waals surface area contributed by atoms with Crippen molar-refractivity contribution in [2.24, 2.45) is 5.84 Å². The maximum atomic E-state index is 11.6. The number of carbonyl (C=O) groups excluding carboxylic acids is 1. The van der Waals surface area contributed by atoms with E-state index in [4.69, 9.17) is 10.6 Å². The number of rotatable bonds is 2. The molecule has 112 valence electrons. The summed E-state index contributed by atoms with van der Waals surface area (Å²) in [6, 6.07) is 0. The van der Waals surface area contributed by atoms with Crippen LogP contribution in [0.25, 0.3) is 11.2 Å². The Kier molecular flexibility index (Phi) is 3.17. The van der Waals surface area contributed by atoms with Crippen LogP contribution in [-0.4, -0.2) is 54.0 Å². The molecule has 2 aromatic heterocycles. The monoisotopic (exact) mass is 296 g/mol. The van der Waals surface area contributed by atoms with Crippen molar-refractivity contribution in [3.63, 3.8) is 0 Å². The SMILES string of the molecule is NNC(=O)[C@H]1O[C@@H](n2cnc3c(=O)[nH]cnc32)[C@H](O)[C@@H]1O. The van der Waals surface area contributed by atoms with E-state index in [1.807, 2.05) is 5.43 Å². The van der Waals surface area contributed by atoms with Gasteiger partial charge in [0.2, 0.25) is 0 Å². The van der Waals surface area contributed by atoms with Crippen molar-refractivity contribution in [2.45, 2.75) is 24.5 Å². The molecule has 6 N–H and O–H groups in total. The molecular weight excluding hydrogens is 284 g/mol. The summed E-state index contributed by atoms with van der Waals surface area (Å²) in [6.45, 7) is 0. The number of carbonyl (C=O) groups is 1. The highest BCUT2D eigenvalue weighted by Gasteiger charge is 2.47. The number of nitrogens with two attached hydrogens (primary N) is 1. The lowest BCUT2D eigenvalue weighted by atomic mass is 10.1. The molecule has 0 bridgehead atoms. The van der Waals surface area contributed by atoms with E-state index in [-0.39, 0.29) is 11.2 Å². The average Bonchev–Trinajstić information content (AvgIpc) is 3.02. The molecule has 0 aliphatic carbocycles. The van der Waals surface area contributed by atoms with E-state index in [0.717, 1.165) is 0 Å². The van der Waals surface area contributed by atoms with Gasteiger partial charge in [0.25, 0.3) is 11.5 Å². The summed E-state index contributed by atoms with van der Waals surface area (Å²) < 4.78 is 6.58. The van der Waals surface area contributed by atoms with Gasteiger partial charge in [0.05, 0.1) is 12.7 Å². The predicted molar refractivity (Wildman–Crippen MR) is 66.4 cm³/mol. The number of aromatic nitrogens is 4. The van der Waals surface area contributed by atoms with E-state index in [1.54, 1.807) is 0 Å². The van der Waals surface area contributed by atoms with Crippen molar-refractivity contribution >= 4 is 17.1 Å². The summed E-state index contributed by atoms with van der Waals surface area (Å²) in [5.74, 6) is 4.21. The molecule has 0 saturated carbocycles. The van der Waals surface area contributed by atoms with Gasteiger partial charge in [0, 0.05) is 0 Å². The minimum Gasteiger partial charge on any atom is -0.387 e. The maximum Gasteiger partial charge on any atom is 0.278 e. The van der Waals surface area contributed by atoms with Gasteiger partial charge in [-0.05, 0) is 0 Å². The molecule has 4 atom stereocenters. The molecule has 11 heteroatoms. The van der Waals surface area contributed by atoms with Gasteiger partial charge >= 0.3 is 0 Å². The number of amides is 1. The second kappa shape index (κ2) is 4.89. The highest BCUT2D eigenvalue weighted by molar-refractivity contribution is 5.81. The van der Waals surface area contributed by atoms with Crippen LogP contribution in [0.5, 0.6) is 0 Å². The molecule has 21 heavy (non-hydrogen) atoms. The lowest BCUT2D eigenvalue weighted by Gasteiger charge is -2.16. The fraction of sp³-hybridized carbons (Fsp3) is 0.400. The minimum absolute atomic E-state index is 0.0505. The number of H-pyrrole nitrogens is 1. The molecular formula is C10H12N6O5. The standard InChI is InChI=1S/C10H12N6O5/c11-15-9(20)6-4(17)5(18)10(21-6)16-2-14-3-7(16)12-1-13-8(3)19/h1-2,4-6,10,17-18H,11H2,(H,15,20)(H,12,13,19)/t4-,5+,6-,10+/m0/s1. The quantitative estimate of drug-likeness (QED) is 0.218. The number of fused-ring (bicyclic) bond motifs is 1. The average molecular weight is 296 g/mol. The van der Waals surface area contributed by atoms with Gasteiger partial charge in [-0.25, -0.2) is 15.8 Å². The molecule has 0 spiro atoms. The number of aliphatic hydroxyl groups excluding tert-OH is 2. The highest BCUT2D eigenvalue weighted by atomic mass is 16.6. The van der Waals surface area contributed by atoms with E-state index < -0.39 is 36.0 Å². The highest BCUT2D eigenvalue weighted by Crippen LogP contribution is 2.30. The zero-order chi connectivity index (χ0) is 15.1. The van der Waals surface area contributed by atoms with Crippen LogP contribution in [0.4, 0.5) is 0 Å². The van der Waals surface area contributed by atoms with Crippen molar-refractivity contribution in [2.75, 3.05) is 0 Å². The van der Waals surface area contributed by atoms with E-state index in [0.29, 0.717) is 0 Å². The lowest BCUT2D eigenvalue weighted by molar-refractivity contribution is -0.137. The number of hydrogen-bond acceptors (Lipinski definition) is 8. The van der Waals surface area contributed by atoms with Gasteiger partial charge in [-0.1, -0.05) is 0 Å². The Bertz CT molecular complexity index is 741. The van der Waals surface area contributed by atoms with Gasteiger partial charge in [-0.15, -0.1) is 0 Å². The van der Waals surface area contributed by atoms with E-state index in [9.17, 15) is 19.8 Å². The van der Waals surface area contributed by atoms with Crippen molar-refractivity contribution in [1.82, 2.24) is 24.9 Å². The third-order valence-corrected chi connectivity index (χ3v) is 3.28. The van der Waals surface area contributed by atoms with Crippen LogP contribution in [0.2, 0.25) is 0 Å². The Morgan fingerprint density at radius 3 is 2.90 bits per heavy atom. The topological polar surface area (TPSA) is 168 Å². The van der Waals surface area contributed by atoms with Crippen molar-refractivity contribution in [3.8, 4) is 0 Å². The lowest BCUT2D eigenvalue weighted by Crippen LogP contribution is -2.45. The summed E-state index contributed by atoms with van der Waals surface area (Å²) in [4.78, 5) is 33.2. The van der Waals surface area contributed by atoms with Crippen LogP contribution < -0.4 is 16.8 Å². The molecule has 0 unspecified atom stereocenters. The molecule has 0 aromatic carbocycles. The van der Waals surface area contributed by atoms with Crippen LogP contribution in [0, 0.1) is 0 Å². The van der Waals surface area contributed by atoms with E-state index in [2.05, 4.69) is 15.0 Å². The fourth-order valence-corrected chi connectivity index (χ4v) is 2.24. The molecule has 3 rings (SSSR count). The summed E-state index contributed by atoms with van der Waals surface area (Å²) in [7, 11) is 0. The largest absolute Gasteiger partial charge is 0.387 e. The first-order valence-corrected chi connectivity index (χ1v) is 5.97. The molecule has 1 fully saturated rings. The number of aliphatic hydroxyl groups is 2. The number of ether oxygens (including phenoxy) is 1. The van der Waals surface area contributed by atoms with Crippen LogP contribution in [0.1, 0.15) is 6.23 Å². The van der Waals surface area contributed by atoms with Crippen LogP contribution in [-0.2, 0) is 9.53 Å². The first-order chi connectivity index (χ1) is 10.0.